The minimum atomic E-state index is -4.54. The van der Waals surface area contributed by atoms with E-state index in [1.54, 1.807) is 36.7 Å². The smallest absolute Gasteiger partial charge is 0.408 e. The third-order valence-electron chi connectivity index (χ3n) is 7.28. The van der Waals surface area contributed by atoms with Crippen molar-refractivity contribution in [3.8, 4) is 11.3 Å². The summed E-state index contributed by atoms with van der Waals surface area (Å²) in [7, 11) is 0. The monoisotopic (exact) mass is 582 g/mol. The summed E-state index contributed by atoms with van der Waals surface area (Å²) < 4.78 is 54.5. The van der Waals surface area contributed by atoms with Crippen LogP contribution in [0.15, 0.2) is 54.9 Å². The fraction of sp³-hybridized carbons (Fsp3) is 0.290. The Labute approximate surface area is 240 Å². The number of carboxylic acid groups (broad SMARTS) is 1. The molecule has 220 valence electrons. The Hall–Kier alpha value is -4.54. The topological polar surface area (TPSA) is 104 Å². The van der Waals surface area contributed by atoms with E-state index in [1.807, 2.05) is 19.9 Å². The van der Waals surface area contributed by atoms with E-state index in [-0.39, 0.29) is 24.1 Å². The van der Waals surface area contributed by atoms with Gasteiger partial charge in [-0.05, 0) is 73.7 Å². The normalized spacial score (nSPS) is 13.0. The molecule has 3 N–H and O–H groups in total. The summed E-state index contributed by atoms with van der Waals surface area (Å²) in [5.74, 6) is -3.41. The van der Waals surface area contributed by atoms with Crippen LogP contribution in [0.1, 0.15) is 46.0 Å². The molecule has 2 atom stereocenters. The number of carbonyl (C=O) groups excluding carboxylic acids is 1. The largest absolute Gasteiger partial charge is 0.480 e. The highest BCUT2D eigenvalue weighted by Gasteiger charge is 2.38. The van der Waals surface area contributed by atoms with Crippen molar-refractivity contribution >= 4 is 28.5 Å². The van der Waals surface area contributed by atoms with E-state index in [0.29, 0.717) is 16.5 Å². The van der Waals surface area contributed by atoms with Crippen LogP contribution in [0, 0.1) is 26.6 Å². The third-order valence-corrected chi connectivity index (χ3v) is 7.28. The summed E-state index contributed by atoms with van der Waals surface area (Å²) >= 11 is 0. The van der Waals surface area contributed by atoms with Gasteiger partial charge in [-0.1, -0.05) is 25.1 Å². The molecular weight excluding hydrogens is 552 g/mol. The van der Waals surface area contributed by atoms with Crippen molar-refractivity contribution in [3.05, 3.63) is 88.5 Å². The van der Waals surface area contributed by atoms with Crippen LogP contribution in [-0.4, -0.2) is 45.2 Å². The summed E-state index contributed by atoms with van der Waals surface area (Å²) in [6.07, 6.45) is -1.62. The number of nitrogens with zero attached hydrogens (tertiary/aromatic N) is 2. The maximum atomic E-state index is 15.0. The summed E-state index contributed by atoms with van der Waals surface area (Å²) in [5.41, 5.74) is 4.22. The number of fused-ring (bicyclic) bond motifs is 1. The number of pyridine rings is 2. The number of rotatable bonds is 9. The number of aliphatic carboxylic acids is 1. The summed E-state index contributed by atoms with van der Waals surface area (Å²) in [4.78, 5) is 34.3. The van der Waals surface area contributed by atoms with E-state index >= 15 is 4.39 Å². The van der Waals surface area contributed by atoms with E-state index in [0.717, 1.165) is 28.5 Å². The van der Waals surface area contributed by atoms with Crippen molar-refractivity contribution in [2.75, 3.05) is 5.32 Å². The average molecular weight is 583 g/mol. The Morgan fingerprint density at radius 1 is 1.00 bits per heavy atom. The van der Waals surface area contributed by atoms with Gasteiger partial charge in [-0.15, -0.1) is 0 Å². The second-order valence-corrected chi connectivity index (χ2v) is 10.1. The number of aromatic nitrogens is 2. The lowest BCUT2D eigenvalue weighted by Crippen LogP contribution is -2.43. The minimum absolute atomic E-state index is 0.0520. The number of carbonyl (C=O) groups is 2. The van der Waals surface area contributed by atoms with Crippen LogP contribution in [0.25, 0.3) is 22.2 Å². The number of aryl methyl sites for hydroxylation is 2. The lowest BCUT2D eigenvalue weighted by Gasteiger charge is -2.22. The number of halogens is 4. The van der Waals surface area contributed by atoms with Crippen molar-refractivity contribution in [3.63, 3.8) is 0 Å². The zero-order chi connectivity index (χ0) is 30.8. The molecule has 0 saturated carbocycles. The minimum Gasteiger partial charge on any atom is -0.480 e. The number of carboxylic acids is 1. The molecule has 2 aromatic carbocycles. The molecule has 0 fully saturated rings. The van der Waals surface area contributed by atoms with Crippen molar-refractivity contribution in [2.45, 2.75) is 58.8 Å². The van der Waals surface area contributed by atoms with E-state index in [4.69, 9.17) is 0 Å². The molecule has 0 saturated heterocycles. The van der Waals surface area contributed by atoms with Crippen molar-refractivity contribution in [1.82, 2.24) is 15.3 Å². The highest BCUT2D eigenvalue weighted by molar-refractivity contribution is 5.99. The number of nitrogens with one attached hydrogen (secondary N) is 2. The Bertz CT molecular complexity index is 1630. The molecule has 0 spiro atoms. The highest BCUT2D eigenvalue weighted by Crippen LogP contribution is 2.32. The number of benzene rings is 2. The molecule has 0 radical (unpaired) electrons. The molecule has 0 aliphatic rings. The van der Waals surface area contributed by atoms with Gasteiger partial charge in [-0.25, -0.2) is 9.18 Å². The maximum Gasteiger partial charge on any atom is 0.408 e. The molecule has 4 aromatic rings. The number of amides is 1. The molecule has 2 aromatic heterocycles. The average Bonchev–Trinajstić information content (AvgIpc) is 2.92. The van der Waals surface area contributed by atoms with Gasteiger partial charge >= 0.3 is 12.1 Å². The van der Waals surface area contributed by atoms with Crippen LogP contribution in [0.3, 0.4) is 0 Å². The van der Waals surface area contributed by atoms with Gasteiger partial charge < -0.3 is 15.7 Å². The molecule has 0 bridgehead atoms. The molecule has 42 heavy (non-hydrogen) atoms. The van der Waals surface area contributed by atoms with Crippen LogP contribution >= 0.6 is 0 Å². The molecule has 0 aliphatic carbocycles. The summed E-state index contributed by atoms with van der Waals surface area (Å²) in [6.45, 7) is 6.64. The first kappa shape index (κ1) is 30.4. The van der Waals surface area contributed by atoms with E-state index in [2.05, 4.69) is 20.6 Å². The first-order valence-electron chi connectivity index (χ1n) is 13.3. The highest BCUT2D eigenvalue weighted by atomic mass is 19.4. The number of hydrogen-bond acceptors (Lipinski definition) is 5. The molecule has 7 nitrogen and oxygen atoms in total. The van der Waals surface area contributed by atoms with E-state index < -0.39 is 41.5 Å². The lowest BCUT2D eigenvalue weighted by atomic mass is 9.95. The van der Waals surface area contributed by atoms with Gasteiger partial charge in [0, 0.05) is 35.5 Å². The second kappa shape index (κ2) is 12.1. The zero-order valence-corrected chi connectivity index (χ0v) is 23.4. The molecule has 0 unspecified atom stereocenters. The zero-order valence-electron chi connectivity index (χ0n) is 23.4. The number of hydrogen-bond donors (Lipinski definition) is 3. The van der Waals surface area contributed by atoms with Gasteiger partial charge in [-0.3, -0.25) is 14.8 Å². The molecule has 0 aliphatic heterocycles. The van der Waals surface area contributed by atoms with Crippen molar-refractivity contribution in [2.24, 2.45) is 0 Å². The van der Waals surface area contributed by atoms with E-state index in [1.165, 1.54) is 19.9 Å². The van der Waals surface area contributed by atoms with Crippen LogP contribution in [-0.2, 0) is 11.2 Å². The quantitative estimate of drug-likeness (QED) is 0.194. The van der Waals surface area contributed by atoms with Crippen LogP contribution in [0.2, 0.25) is 0 Å². The van der Waals surface area contributed by atoms with Gasteiger partial charge in [0.2, 0.25) is 0 Å². The Morgan fingerprint density at radius 3 is 2.38 bits per heavy atom. The number of alkyl halides is 3. The van der Waals surface area contributed by atoms with Gasteiger partial charge in [0.25, 0.3) is 5.91 Å². The lowest BCUT2D eigenvalue weighted by molar-refractivity contribution is -0.143. The first-order chi connectivity index (χ1) is 19.8. The molecule has 11 heteroatoms. The Morgan fingerprint density at radius 2 is 1.74 bits per heavy atom. The van der Waals surface area contributed by atoms with Gasteiger partial charge in [-0.2, -0.15) is 13.2 Å². The fourth-order valence-corrected chi connectivity index (χ4v) is 4.89. The molecule has 1 amide bonds. The van der Waals surface area contributed by atoms with Gasteiger partial charge in [0.05, 0.1) is 16.8 Å². The predicted molar refractivity (Wildman–Crippen MR) is 152 cm³/mol. The third kappa shape index (κ3) is 6.35. The van der Waals surface area contributed by atoms with Gasteiger partial charge in [0.15, 0.2) is 0 Å². The molecule has 4 rings (SSSR count). The van der Waals surface area contributed by atoms with Gasteiger partial charge in [0.1, 0.15) is 17.9 Å². The predicted octanol–water partition coefficient (Wildman–Crippen LogP) is 6.54. The van der Waals surface area contributed by atoms with Crippen molar-refractivity contribution < 1.29 is 32.3 Å². The first-order valence-corrected chi connectivity index (χ1v) is 13.3. The van der Waals surface area contributed by atoms with Crippen LogP contribution in [0.5, 0.6) is 0 Å². The van der Waals surface area contributed by atoms with E-state index in [9.17, 15) is 27.9 Å². The second-order valence-electron chi connectivity index (χ2n) is 10.1. The molecular formula is C31H30F4N4O3. The SMILES string of the molecule is CC[C@@H](Nc1cc(C)c(C(=O)N[C@@H](Cc2ccc(-c3nccc(C)c3C)c3ncccc23)C(=O)O)c(F)c1)C(F)(F)F. The number of anilines is 1. The fourth-order valence-electron chi connectivity index (χ4n) is 4.89. The van der Waals surface area contributed by atoms with Crippen LogP contribution in [0.4, 0.5) is 23.2 Å². The summed E-state index contributed by atoms with van der Waals surface area (Å²) in [6, 6.07) is 7.67. The Balaban J connectivity index is 1.62. The Kier molecular flexibility index (Phi) is 8.79. The summed E-state index contributed by atoms with van der Waals surface area (Å²) in [5, 5.41) is 15.2. The van der Waals surface area contributed by atoms with Crippen LogP contribution < -0.4 is 10.6 Å². The maximum absolute atomic E-state index is 15.0. The molecule has 2 heterocycles. The van der Waals surface area contributed by atoms with Crippen molar-refractivity contribution in [1.29, 1.82) is 0 Å². The standard InChI is InChI=1S/C31H30F4N4O3/c1-5-25(31(33,34)35)38-20-13-17(3)26(23(32)15-20)29(40)39-24(30(41)42)14-19-8-9-22(28-21(19)7-6-11-36-28)27-18(4)16(2)10-12-37-27/h6-13,15,24-25,38H,5,14H2,1-4H3,(H,39,40)(H,41,42)/t24-,25+/m0/s1.